The van der Waals surface area contributed by atoms with Crippen molar-refractivity contribution in [2.24, 2.45) is 5.73 Å². The molecule has 2 aromatic carbocycles. The van der Waals surface area contributed by atoms with Crippen molar-refractivity contribution in [3.63, 3.8) is 0 Å². The number of rotatable bonds is 4. The predicted octanol–water partition coefficient (Wildman–Crippen LogP) is 4.04. The lowest BCUT2D eigenvalue weighted by atomic mass is 10.3. The number of nitrogens with two attached hydrogens (primary N) is 1. The molecule has 0 saturated carbocycles. The van der Waals surface area contributed by atoms with Gasteiger partial charge in [0, 0.05) is 15.5 Å². The fourth-order valence-corrected chi connectivity index (χ4v) is 2.71. The Kier molecular flexibility index (Phi) is 5.31. The first-order valence-electron chi connectivity index (χ1n) is 5.81. The van der Waals surface area contributed by atoms with Crippen LogP contribution in [-0.4, -0.2) is 12.5 Å². The van der Waals surface area contributed by atoms with Crippen LogP contribution >= 0.6 is 35.0 Å². The summed E-state index contributed by atoms with van der Waals surface area (Å²) in [5.74, 6) is -0.213. The maximum absolute atomic E-state index is 11.2. The molecule has 0 saturated heterocycles. The number of hydrogen-bond donors (Lipinski definition) is 2. The third kappa shape index (κ3) is 4.15. The molecule has 2 rings (SSSR count). The van der Waals surface area contributed by atoms with Gasteiger partial charge in [-0.2, -0.15) is 0 Å². The van der Waals surface area contributed by atoms with Gasteiger partial charge in [-0.05, 0) is 42.5 Å². The number of carbonyl (C=O) groups excluding carboxylic acids is 1. The zero-order valence-electron chi connectivity index (χ0n) is 10.4. The Balaban J connectivity index is 2.06. The van der Waals surface area contributed by atoms with Crippen molar-refractivity contribution in [3.05, 3.63) is 52.5 Å². The van der Waals surface area contributed by atoms with Crippen LogP contribution in [0.15, 0.2) is 52.3 Å². The van der Waals surface area contributed by atoms with Crippen molar-refractivity contribution in [3.8, 4) is 0 Å². The highest BCUT2D eigenvalue weighted by molar-refractivity contribution is 7.99. The van der Waals surface area contributed by atoms with Crippen LogP contribution in [0.4, 0.5) is 5.69 Å². The van der Waals surface area contributed by atoms with E-state index in [1.54, 1.807) is 17.8 Å². The molecule has 3 nitrogen and oxygen atoms in total. The number of nitrogens with one attached hydrogen (secondary N) is 1. The highest BCUT2D eigenvalue weighted by Crippen LogP contribution is 2.32. The Hall–Kier alpha value is -1.20. The first-order chi connectivity index (χ1) is 9.58. The van der Waals surface area contributed by atoms with Crippen molar-refractivity contribution in [1.82, 2.24) is 0 Å². The smallest absolute Gasteiger partial charge is 0.238 e. The van der Waals surface area contributed by atoms with Gasteiger partial charge in [0.15, 0.2) is 0 Å². The minimum atomic E-state index is -0.213. The highest BCUT2D eigenvalue weighted by atomic mass is 35.5. The molecule has 0 atom stereocenters. The molecule has 0 aliphatic heterocycles. The Morgan fingerprint density at radius 2 is 1.70 bits per heavy atom. The average Bonchev–Trinajstić information content (AvgIpc) is 2.45. The number of anilines is 1. The van der Waals surface area contributed by atoms with E-state index in [-0.39, 0.29) is 12.5 Å². The summed E-state index contributed by atoms with van der Waals surface area (Å²) < 4.78 is 0. The summed E-state index contributed by atoms with van der Waals surface area (Å²) in [4.78, 5) is 13.2. The third-order valence-corrected chi connectivity index (χ3v) is 4.19. The van der Waals surface area contributed by atoms with Crippen molar-refractivity contribution in [2.45, 2.75) is 9.79 Å². The van der Waals surface area contributed by atoms with Crippen LogP contribution in [-0.2, 0) is 4.79 Å². The SMILES string of the molecule is NCC(=O)Nc1ccc(Sc2ccc(Cl)c(Cl)c2)cc1. The minimum absolute atomic E-state index is 0.0280. The van der Waals surface area contributed by atoms with Crippen LogP contribution in [0, 0.1) is 0 Å². The standard InChI is InChI=1S/C14H12Cl2N2OS/c15-12-6-5-11(7-13(12)16)20-10-3-1-9(2-4-10)18-14(19)8-17/h1-7H,8,17H2,(H,18,19). The zero-order valence-corrected chi connectivity index (χ0v) is 12.7. The van der Waals surface area contributed by atoms with Crippen LogP contribution in [0.25, 0.3) is 0 Å². The van der Waals surface area contributed by atoms with Gasteiger partial charge >= 0.3 is 0 Å². The molecule has 0 radical (unpaired) electrons. The largest absolute Gasteiger partial charge is 0.325 e. The van der Waals surface area contributed by atoms with Crippen molar-refractivity contribution in [2.75, 3.05) is 11.9 Å². The second-order valence-electron chi connectivity index (χ2n) is 3.95. The minimum Gasteiger partial charge on any atom is -0.325 e. The third-order valence-electron chi connectivity index (χ3n) is 2.45. The van der Waals surface area contributed by atoms with E-state index >= 15 is 0 Å². The first-order valence-corrected chi connectivity index (χ1v) is 7.38. The van der Waals surface area contributed by atoms with E-state index in [0.717, 1.165) is 15.5 Å². The lowest BCUT2D eigenvalue weighted by Crippen LogP contribution is -2.21. The van der Waals surface area contributed by atoms with E-state index < -0.39 is 0 Å². The molecule has 104 valence electrons. The predicted molar refractivity (Wildman–Crippen MR) is 84.7 cm³/mol. The van der Waals surface area contributed by atoms with Gasteiger partial charge in [0.25, 0.3) is 0 Å². The quantitative estimate of drug-likeness (QED) is 0.891. The Morgan fingerprint density at radius 3 is 2.30 bits per heavy atom. The summed E-state index contributed by atoms with van der Waals surface area (Å²) in [5, 5.41) is 3.76. The molecule has 0 aliphatic rings. The van der Waals surface area contributed by atoms with Crippen molar-refractivity contribution in [1.29, 1.82) is 0 Å². The molecule has 0 heterocycles. The lowest BCUT2D eigenvalue weighted by Gasteiger charge is -2.06. The number of halogens is 2. The molecule has 1 amide bonds. The Morgan fingerprint density at radius 1 is 1.05 bits per heavy atom. The summed E-state index contributed by atoms with van der Waals surface area (Å²) in [7, 11) is 0. The number of benzene rings is 2. The van der Waals surface area contributed by atoms with Gasteiger partial charge < -0.3 is 11.1 Å². The van der Waals surface area contributed by atoms with Gasteiger partial charge in [0.2, 0.25) is 5.91 Å². The van der Waals surface area contributed by atoms with E-state index in [2.05, 4.69) is 5.32 Å². The summed E-state index contributed by atoms with van der Waals surface area (Å²) >= 11 is 13.4. The molecule has 0 aliphatic carbocycles. The Bertz CT molecular complexity index is 617. The van der Waals surface area contributed by atoms with Gasteiger partial charge in [-0.1, -0.05) is 35.0 Å². The van der Waals surface area contributed by atoms with E-state index in [4.69, 9.17) is 28.9 Å². The van der Waals surface area contributed by atoms with Gasteiger partial charge in [-0.3, -0.25) is 4.79 Å². The van der Waals surface area contributed by atoms with Gasteiger partial charge in [0.05, 0.1) is 16.6 Å². The van der Waals surface area contributed by atoms with Gasteiger partial charge in [0.1, 0.15) is 0 Å². The maximum Gasteiger partial charge on any atom is 0.238 e. The lowest BCUT2D eigenvalue weighted by molar-refractivity contribution is -0.114. The molecule has 3 N–H and O–H groups in total. The number of carbonyl (C=O) groups is 1. The fourth-order valence-electron chi connectivity index (χ4n) is 1.49. The molecular formula is C14H12Cl2N2OS. The molecular weight excluding hydrogens is 315 g/mol. The van der Waals surface area contributed by atoms with Crippen LogP contribution in [0.3, 0.4) is 0 Å². The first kappa shape index (κ1) is 15.2. The molecule has 6 heteroatoms. The molecule has 0 bridgehead atoms. The molecule has 0 aromatic heterocycles. The number of amides is 1. The van der Waals surface area contributed by atoms with Crippen LogP contribution in [0.1, 0.15) is 0 Å². The summed E-state index contributed by atoms with van der Waals surface area (Å²) in [6, 6.07) is 13.0. The summed E-state index contributed by atoms with van der Waals surface area (Å²) in [6.07, 6.45) is 0. The van der Waals surface area contributed by atoms with E-state index in [9.17, 15) is 4.79 Å². The van der Waals surface area contributed by atoms with Crippen molar-refractivity contribution < 1.29 is 4.79 Å². The van der Waals surface area contributed by atoms with Crippen LogP contribution in [0.2, 0.25) is 10.0 Å². The van der Waals surface area contributed by atoms with Crippen LogP contribution < -0.4 is 11.1 Å². The molecule has 20 heavy (non-hydrogen) atoms. The second-order valence-corrected chi connectivity index (χ2v) is 5.92. The van der Waals surface area contributed by atoms with E-state index in [0.29, 0.717) is 10.0 Å². The van der Waals surface area contributed by atoms with E-state index in [1.807, 2.05) is 36.4 Å². The normalized spacial score (nSPS) is 10.3. The van der Waals surface area contributed by atoms with Crippen molar-refractivity contribution >= 4 is 46.6 Å². The fraction of sp³-hybridized carbons (Fsp3) is 0.0714. The van der Waals surface area contributed by atoms with E-state index in [1.165, 1.54) is 0 Å². The topological polar surface area (TPSA) is 55.1 Å². The molecule has 0 unspecified atom stereocenters. The highest BCUT2D eigenvalue weighted by Gasteiger charge is 2.03. The summed E-state index contributed by atoms with van der Waals surface area (Å²) in [6.45, 7) is -0.0280. The Labute approximate surface area is 131 Å². The molecule has 2 aromatic rings. The number of hydrogen-bond acceptors (Lipinski definition) is 3. The monoisotopic (exact) mass is 326 g/mol. The zero-order chi connectivity index (χ0) is 14.5. The summed E-state index contributed by atoms with van der Waals surface area (Å²) in [5.41, 5.74) is 5.96. The average molecular weight is 327 g/mol. The van der Waals surface area contributed by atoms with Gasteiger partial charge in [-0.15, -0.1) is 0 Å². The van der Waals surface area contributed by atoms with Crippen LogP contribution in [0.5, 0.6) is 0 Å². The molecule has 0 fully saturated rings. The van der Waals surface area contributed by atoms with Gasteiger partial charge in [-0.25, -0.2) is 0 Å². The molecule has 0 spiro atoms. The maximum atomic E-state index is 11.2. The second kappa shape index (κ2) is 6.99.